The molecule has 1 unspecified atom stereocenters. The molecule has 0 saturated carbocycles. The van der Waals surface area contributed by atoms with Gasteiger partial charge in [0.1, 0.15) is 0 Å². The lowest BCUT2D eigenvalue weighted by Gasteiger charge is -1.96. The van der Waals surface area contributed by atoms with Gasteiger partial charge in [0, 0.05) is 15.4 Å². The van der Waals surface area contributed by atoms with E-state index in [1.807, 2.05) is 6.92 Å². The molecule has 1 atom stereocenters. The lowest BCUT2D eigenvalue weighted by molar-refractivity contribution is 0.389. The molecule has 0 aliphatic heterocycles. The highest BCUT2D eigenvalue weighted by Crippen LogP contribution is 2.12. The van der Waals surface area contributed by atoms with Gasteiger partial charge < -0.3 is 4.52 Å². The van der Waals surface area contributed by atoms with Crippen LogP contribution in [0.2, 0.25) is 0 Å². The molecule has 2 heteroatoms. The van der Waals surface area contributed by atoms with Crippen molar-refractivity contribution in [1.82, 2.24) is 0 Å². The molecular weight excluding hydrogens is 119 g/mol. The largest absolute Gasteiger partial charge is 0.363 e. The minimum atomic E-state index is 0.739. The van der Waals surface area contributed by atoms with Crippen LogP contribution in [0, 0.1) is 0 Å². The minimum Gasteiger partial charge on any atom is -0.363 e. The number of hydrogen-bond donors (Lipinski definition) is 0. The number of rotatable bonds is 5. The van der Waals surface area contributed by atoms with Gasteiger partial charge in [-0.15, -0.1) is 0 Å². The van der Waals surface area contributed by atoms with Crippen molar-refractivity contribution in [2.24, 2.45) is 0 Å². The van der Waals surface area contributed by atoms with Gasteiger partial charge in [0.15, 0.2) is 0 Å². The molecule has 8 heavy (non-hydrogen) atoms. The van der Waals surface area contributed by atoms with Crippen molar-refractivity contribution < 1.29 is 4.52 Å². The average Bonchev–Trinajstić information content (AvgIpc) is 1.81. The van der Waals surface area contributed by atoms with E-state index in [0.29, 0.717) is 0 Å². The second-order valence-corrected chi connectivity index (χ2v) is 2.76. The van der Waals surface area contributed by atoms with Crippen LogP contribution >= 0.6 is 8.81 Å². The molecule has 0 N–H and O–H groups in total. The zero-order valence-corrected chi connectivity index (χ0v) is 6.74. The van der Waals surface area contributed by atoms with Crippen molar-refractivity contribution in [3.8, 4) is 0 Å². The second-order valence-electron chi connectivity index (χ2n) is 1.68. The molecule has 0 heterocycles. The average molecular weight is 134 g/mol. The fraction of sp³-hybridized carbons (Fsp3) is 1.00. The smallest absolute Gasteiger partial charge is 0.0477 e. The molecule has 0 spiro atoms. The molecule has 0 bridgehead atoms. The first-order valence-corrected chi connectivity index (χ1v) is 4.38. The van der Waals surface area contributed by atoms with Crippen LogP contribution in [0.4, 0.5) is 0 Å². The predicted octanol–water partition coefficient (Wildman–Crippen LogP) is 2.42. The SMILES string of the molecule is CCCCPOCC. The molecule has 0 aliphatic carbocycles. The first kappa shape index (κ1) is 8.39. The van der Waals surface area contributed by atoms with Crippen LogP contribution in [0.3, 0.4) is 0 Å². The summed E-state index contributed by atoms with van der Waals surface area (Å²) in [4.78, 5) is 0. The van der Waals surface area contributed by atoms with Crippen molar-refractivity contribution in [3.63, 3.8) is 0 Å². The van der Waals surface area contributed by atoms with E-state index in [9.17, 15) is 0 Å². The Kier molecular flexibility index (Phi) is 7.75. The van der Waals surface area contributed by atoms with Gasteiger partial charge in [-0.1, -0.05) is 13.3 Å². The Morgan fingerprint density at radius 1 is 1.38 bits per heavy atom. The molecule has 0 aromatic heterocycles. The van der Waals surface area contributed by atoms with Gasteiger partial charge in [-0.3, -0.25) is 0 Å². The van der Waals surface area contributed by atoms with Crippen LogP contribution in [-0.4, -0.2) is 12.8 Å². The highest BCUT2D eigenvalue weighted by atomic mass is 31.1. The van der Waals surface area contributed by atoms with Crippen molar-refractivity contribution in [3.05, 3.63) is 0 Å². The molecule has 0 radical (unpaired) electrons. The van der Waals surface area contributed by atoms with Crippen LogP contribution in [0.5, 0.6) is 0 Å². The second kappa shape index (κ2) is 7.39. The molecule has 50 valence electrons. The molecule has 0 aromatic carbocycles. The van der Waals surface area contributed by atoms with E-state index < -0.39 is 0 Å². The number of unbranched alkanes of at least 4 members (excludes halogenated alkanes) is 1. The Morgan fingerprint density at radius 3 is 2.62 bits per heavy atom. The summed E-state index contributed by atoms with van der Waals surface area (Å²) in [5.41, 5.74) is 0. The normalized spacial score (nSPS) is 11.2. The Hall–Kier alpha value is 0.390. The lowest BCUT2D eigenvalue weighted by atomic mass is 10.4. The highest BCUT2D eigenvalue weighted by molar-refractivity contribution is 7.32. The van der Waals surface area contributed by atoms with Gasteiger partial charge in [0.25, 0.3) is 0 Å². The van der Waals surface area contributed by atoms with Gasteiger partial charge in [0.2, 0.25) is 0 Å². The van der Waals surface area contributed by atoms with Crippen molar-refractivity contribution >= 4 is 8.81 Å². The zero-order valence-electron chi connectivity index (χ0n) is 5.74. The van der Waals surface area contributed by atoms with Crippen LogP contribution in [0.25, 0.3) is 0 Å². The zero-order chi connectivity index (χ0) is 6.24. The van der Waals surface area contributed by atoms with Gasteiger partial charge in [-0.25, -0.2) is 0 Å². The third-order valence-electron chi connectivity index (χ3n) is 0.879. The van der Waals surface area contributed by atoms with E-state index in [0.717, 1.165) is 15.4 Å². The van der Waals surface area contributed by atoms with Gasteiger partial charge in [-0.05, 0) is 19.5 Å². The minimum absolute atomic E-state index is 0.739. The van der Waals surface area contributed by atoms with Gasteiger partial charge in [-0.2, -0.15) is 0 Å². The molecule has 0 aliphatic rings. The third kappa shape index (κ3) is 6.39. The predicted molar refractivity (Wildman–Crippen MR) is 39.7 cm³/mol. The fourth-order valence-corrected chi connectivity index (χ4v) is 1.27. The summed E-state index contributed by atoms with van der Waals surface area (Å²) >= 11 is 0. The first-order chi connectivity index (χ1) is 3.91. The van der Waals surface area contributed by atoms with Gasteiger partial charge >= 0.3 is 0 Å². The maximum atomic E-state index is 5.16. The Bertz CT molecular complexity index is 33.5. The fourth-order valence-electron chi connectivity index (χ4n) is 0.423. The first-order valence-electron chi connectivity index (χ1n) is 3.26. The molecule has 0 rings (SSSR count). The van der Waals surface area contributed by atoms with Crippen LogP contribution in [-0.2, 0) is 4.52 Å². The van der Waals surface area contributed by atoms with Crippen LogP contribution < -0.4 is 0 Å². The topological polar surface area (TPSA) is 9.23 Å². The van der Waals surface area contributed by atoms with Crippen LogP contribution in [0.15, 0.2) is 0 Å². The summed E-state index contributed by atoms with van der Waals surface area (Å²) in [5.74, 6) is 0. The van der Waals surface area contributed by atoms with Crippen LogP contribution in [0.1, 0.15) is 26.7 Å². The van der Waals surface area contributed by atoms with E-state index in [-0.39, 0.29) is 0 Å². The molecule has 0 amide bonds. The molecule has 0 fully saturated rings. The highest BCUT2D eigenvalue weighted by Gasteiger charge is 1.82. The van der Waals surface area contributed by atoms with E-state index in [1.54, 1.807) is 0 Å². The van der Waals surface area contributed by atoms with Gasteiger partial charge in [0.05, 0.1) is 0 Å². The summed E-state index contributed by atoms with van der Waals surface area (Å²) < 4.78 is 5.16. The Labute approximate surface area is 53.7 Å². The van der Waals surface area contributed by atoms with E-state index in [1.165, 1.54) is 19.0 Å². The van der Waals surface area contributed by atoms with Crippen molar-refractivity contribution in [2.75, 3.05) is 12.8 Å². The lowest BCUT2D eigenvalue weighted by Crippen LogP contribution is -1.78. The Morgan fingerprint density at radius 2 is 2.12 bits per heavy atom. The maximum absolute atomic E-state index is 5.16. The summed E-state index contributed by atoms with van der Waals surface area (Å²) in [7, 11) is 0.739. The molecule has 0 aromatic rings. The number of hydrogen-bond acceptors (Lipinski definition) is 1. The van der Waals surface area contributed by atoms with E-state index in [4.69, 9.17) is 4.52 Å². The summed E-state index contributed by atoms with van der Waals surface area (Å²) in [6.45, 7) is 5.12. The summed E-state index contributed by atoms with van der Waals surface area (Å²) in [6.07, 6.45) is 3.86. The summed E-state index contributed by atoms with van der Waals surface area (Å²) in [5, 5.41) is 0. The standard InChI is InChI=1S/C6H15OP/c1-3-5-6-8-7-4-2/h8H,3-6H2,1-2H3. The van der Waals surface area contributed by atoms with Crippen molar-refractivity contribution in [2.45, 2.75) is 26.7 Å². The molecule has 0 saturated heterocycles. The molecular formula is C6H15OP. The Balaban J connectivity index is 2.53. The van der Waals surface area contributed by atoms with Crippen molar-refractivity contribution in [1.29, 1.82) is 0 Å². The van der Waals surface area contributed by atoms with E-state index in [2.05, 4.69) is 6.92 Å². The third-order valence-corrected chi connectivity index (χ3v) is 1.93. The quantitative estimate of drug-likeness (QED) is 0.414. The molecule has 1 nitrogen and oxygen atoms in total. The summed E-state index contributed by atoms with van der Waals surface area (Å²) in [6, 6.07) is 0. The monoisotopic (exact) mass is 134 g/mol. The maximum Gasteiger partial charge on any atom is 0.0477 e. The van der Waals surface area contributed by atoms with E-state index >= 15 is 0 Å².